The molecule has 228 valence electrons. The lowest BCUT2D eigenvalue weighted by atomic mass is 9.83. The fraction of sp³-hybridized carbons (Fsp3) is 0.545. The van der Waals surface area contributed by atoms with E-state index >= 15 is 0 Å². The third kappa shape index (κ3) is 9.15. The molecule has 3 atom stereocenters. The molecule has 0 spiro atoms. The summed E-state index contributed by atoms with van der Waals surface area (Å²) in [6, 6.07) is 12.7. The molecule has 2 N–H and O–H groups in total. The Morgan fingerprint density at radius 1 is 0.952 bits per heavy atom. The van der Waals surface area contributed by atoms with E-state index in [1.165, 1.54) is 35.4 Å². The van der Waals surface area contributed by atoms with Crippen molar-refractivity contribution in [3.8, 4) is 0 Å². The third-order valence-corrected chi connectivity index (χ3v) is 8.26. The standard InChI is InChI=1S/C33H42F3N3O3/c1-22(2)18-29(30(40)21-39-17-7-10-24-8-3-4-9-26(24)20-39)38-32(42)27-11-5-6-12-28(27)37-31(41)25-15-13-23(14-16-25)19-33(34,35)36/h3-4,8-9,13-16,22,27-29H,5-7,10-12,17-21H2,1-2H3,(H,37,41)(H,38,42)/t27-,28+,29+/m1/s1. The predicted molar refractivity (Wildman–Crippen MR) is 156 cm³/mol. The number of nitrogens with one attached hydrogen (secondary N) is 2. The zero-order chi connectivity index (χ0) is 30.3. The quantitative estimate of drug-likeness (QED) is 0.379. The van der Waals surface area contributed by atoms with Crippen molar-refractivity contribution >= 4 is 17.6 Å². The average molecular weight is 586 g/mol. The van der Waals surface area contributed by atoms with Gasteiger partial charge in [0.05, 0.1) is 24.9 Å². The Hall–Kier alpha value is -3.20. The van der Waals surface area contributed by atoms with Gasteiger partial charge in [0.2, 0.25) is 5.91 Å². The molecule has 9 heteroatoms. The highest BCUT2D eigenvalue weighted by molar-refractivity contribution is 5.95. The van der Waals surface area contributed by atoms with E-state index in [9.17, 15) is 27.6 Å². The summed E-state index contributed by atoms with van der Waals surface area (Å²) in [5.41, 5.74) is 2.89. The van der Waals surface area contributed by atoms with E-state index in [2.05, 4.69) is 27.7 Å². The first-order chi connectivity index (χ1) is 20.0. The molecule has 0 unspecified atom stereocenters. The van der Waals surface area contributed by atoms with Crippen LogP contribution in [0.1, 0.15) is 79.4 Å². The topological polar surface area (TPSA) is 78.5 Å². The maximum Gasteiger partial charge on any atom is 0.393 e. The number of Topliss-reactive ketones (excluding diaryl/α,β-unsaturated/α-hetero) is 1. The number of ketones is 1. The van der Waals surface area contributed by atoms with Crippen molar-refractivity contribution in [3.63, 3.8) is 0 Å². The summed E-state index contributed by atoms with van der Waals surface area (Å²) in [4.78, 5) is 42.3. The number of rotatable bonds is 10. The van der Waals surface area contributed by atoms with Crippen molar-refractivity contribution in [2.45, 2.75) is 90.0 Å². The van der Waals surface area contributed by atoms with Gasteiger partial charge < -0.3 is 10.6 Å². The normalized spacial score (nSPS) is 20.3. The summed E-state index contributed by atoms with van der Waals surface area (Å²) in [5, 5.41) is 5.99. The van der Waals surface area contributed by atoms with Crippen LogP contribution < -0.4 is 10.6 Å². The number of alkyl halides is 3. The highest BCUT2D eigenvalue weighted by Crippen LogP contribution is 2.26. The van der Waals surface area contributed by atoms with Crippen LogP contribution in [0.3, 0.4) is 0 Å². The molecule has 0 bridgehead atoms. The number of aryl methyl sites for hydroxylation is 1. The van der Waals surface area contributed by atoms with E-state index in [1.54, 1.807) is 0 Å². The van der Waals surface area contributed by atoms with Gasteiger partial charge in [0, 0.05) is 18.2 Å². The first-order valence-corrected chi connectivity index (χ1v) is 15.1. The number of carbonyl (C=O) groups excluding carboxylic acids is 3. The molecule has 1 saturated carbocycles. The molecule has 1 aliphatic carbocycles. The molecule has 2 aromatic rings. The van der Waals surface area contributed by atoms with Gasteiger partial charge in [-0.25, -0.2) is 0 Å². The zero-order valence-electron chi connectivity index (χ0n) is 24.5. The van der Waals surface area contributed by atoms with Gasteiger partial charge in [-0.2, -0.15) is 13.2 Å². The Morgan fingerprint density at radius 2 is 1.64 bits per heavy atom. The highest BCUT2D eigenvalue weighted by Gasteiger charge is 2.35. The summed E-state index contributed by atoms with van der Waals surface area (Å²) in [5.74, 6) is -0.951. The maximum atomic E-state index is 13.6. The SMILES string of the molecule is CC(C)C[C@H](NC(=O)[C@@H]1CCCC[C@@H]1NC(=O)c1ccc(CC(F)(F)F)cc1)C(=O)CN1CCCc2ccccc2C1. The molecule has 2 aliphatic rings. The smallest absolute Gasteiger partial charge is 0.349 e. The highest BCUT2D eigenvalue weighted by atomic mass is 19.4. The number of hydrogen-bond acceptors (Lipinski definition) is 4. The maximum absolute atomic E-state index is 13.6. The fourth-order valence-electron chi connectivity index (χ4n) is 6.13. The average Bonchev–Trinajstić information content (AvgIpc) is 3.14. The summed E-state index contributed by atoms with van der Waals surface area (Å²) in [6.45, 7) is 5.84. The van der Waals surface area contributed by atoms with Crippen LogP contribution in [0.15, 0.2) is 48.5 Å². The molecule has 0 saturated heterocycles. The van der Waals surface area contributed by atoms with Crippen molar-refractivity contribution < 1.29 is 27.6 Å². The number of carbonyl (C=O) groups is 3. The van der Waals surface area contributed by atoms with Gasteiger partial charge in [-0.1, -0.05) is 63.1 Å². The minimum Gasteiger partial charge on any atom is -0.349 e. The van der Waals surface area contributed by atoms with Crippen molar-refractivity contribution in [3.05, 3.63) is 70.8 Å². The number of nitrogens with zero attached hydrogens (tertiary/aromatic N) is 1. The zero-order valence-corrected chi connectivity index (χ0v) is 24.5. The third-order valence-electron chi connectivity index (χ3n) is 8.26. The molecule has 1 aliphatic heterocycles. The Morgan fingerprint density at radius 3 is 2.33 bits per heavy atom. The van der Waals surface area contributed by atoms with Gasteiger partial charge >= 0.3 is 6.18 Å². The van der Waals surface area contributed by atoms with E-state index in [-0.39, 0.29) is 35.3 Å². The lowest BCUT2D eigenvalue weighted by molar-refractivity contribution is -0.132. The first-order valence-electron chi connectivity index (χ1n) is 15.1. The second-order valence-corrected chi connectivity index (χ2v) is 12.2. The van der Waals surface area contributed by atoms with Gasteiger partial charge in [0.25, 0.3) is 5.91 Å². The van der Waals surface area contributed by atoms with E-state index in [0.717, 1.165) is 32.2 Å². The summed E-state index contributed by atoms with van der Waals surface area (Å²) >= 11 is 0. The Balaban J connectivity index is 1.39. The minimum atomic E-state index is -4.32. The van der Waals surface area contributed by atoms with Crippen LogP contribution in [-0.4, -0.2) is 53.8 Å². The van der Waals surface area contributed by atoms with E-state index in [1.807, 2.05) is 26.0 Å². The van der Waals surface area contributed by atoms with Crippen LogP contribution in [0.5, 0.6) is 0 Å². The number of halogens is 3. The van der Waals surface area contributed by atoms with Crippen molar-refractivity contribution in [1.29, 1.82) is 0 Å². The van der Waals surface area contributed by atoms with Crippen molar-refractivity contribution in [1.82, 2.24) is 15.5 Å². The lowest BCUT2D eigenvalue weighted by Crippen LogP contribution is -2.53. The Kier molecular flexibility index (Phi) is 10.8. The molecule has 0 aromatic heterocycles. The molecule has 2 aromatic carbocycles. The van der Waals surface area contributed by atoms with Crippen LogP contribution in [0.4, 0.5) is 13.2 Å². The van der Waals surface area contributed by atoms with Gasteiger partial charge in [-0.3, -0.25) is 19.3 Å². The van der Waals surface area contributed by atoms with Gasteiger partial charge in [0.15, 0.2) is 5.78 Å². The molecular formula is C33H42F3N3O3. The van der Waals surface area contributed by atoms with Crippen LogP contribution in [0.25, 0.3) is 0 Å². The Labute approximate surface area is 246 Å². The Bertz CT molecular complexity index is 1230. The van der Waals surface area contributed by atoms with Crippen LogP contribution >= 0.6 is 0 Å². The van der Waals surface area contributed by atoms with Gasteiger partial charge in [-0.15, -0.1) is 0 Å². The van der Waals surface area contributed by atoms with Crippen LogP contribution in [-0.2, 0) is 29.0 Å². The number of benzene rings is 2. The second-order valence-electron chi connectivity index (χ2n) is 12.2. The predicted octanol–water partition coefficient (Wildman–Crippen LogP) is 5.63. The first kappa shape index (κ1) is 31.7. The minimum absolute atomic E-state index is 0.00762. The lowest BCUT2D eigenvalue weighted by Gasteiger charge is -2.33. The van der Waals surface area contributed by atoms with Crippen molar-refractivity contribution in [2.24, 2.45) is 11.8 Å². The summed E-state index contributed by atoms with van der Waals surface area (Å²) < 4.78 is 38.1. The molecule has 1 heterocycles. The second kappa shape index (κ2) is 14.3. The number of amides is 2. The summed E-state index contributed by atoms with van der Waals surface area (Å²) in [7, 11) is 0. The molecule has 42 heavy (non-hydrogen) atoms. The van der Waals surface area contributed by atoms with E-state index < -0.39 is 36.5 Å². The molecule has 0 radical (unpaired) electrons. The van der Waals surface area contributed by atoms with E-state index in [4.69, 9.17) is 0 Å². The molecule has 6 nitrogen and oxygen atoms in total. The van der Waals surface area contributed by atoms with E-state index in [0.29, 0.717) is 25.8 Å². The molecule has 1 fully saturated rings. The van der Waals surface area contributed by atoms with Gasteiger partial charge in [0.1, 0.15) is 0 Å². The monoisotopic (exact) mass is 585 g/mol. The van der Waals surface area contributed by atoms with Crippen LogP contribution in [0, 0.1) is 11.8 Å². The van der Waals surface area contributed by atoms with Gasteiger partial charge in [-0.05, 0) is 73.4 Å². The van der Waals surface area contributed by atoms with Crippen LogP contribution in [0.2, 0.25) is 0 Å². The summed E-state index contributed by atoms with van der Waals surface area (Å²) in [6.07, 6.45) is 0.0127. The number of hydrogen-bond donors (Lipinski definition) is 2. The largest absolute Gasteiger partial charge is 0.393 e. The van der Waals surface area contributed by atoms with Crippen molar-refractivity contribution in [2.75, 3.05) is 13.1 Å². The molecule has 2 amide bonds. The molecule has 4 rings (SSSR count). The molecular weight excluding hydrogens is 543 g/mol. The number of fused-ring (bicyclic) bond motifs is 1. The fourth-order valence-corrected chi connectivity index (χ4v) is 6.13.